The van der Waals surface area contributed by atoms with Gasteiger partial charge in [0.2, 0.25) is 0 Å². The Morgan fingerprint density at radius 3 is 2.44 bits per heavy atom. The van der Waals surface area contributed by atoms with E-state index >= 15 is 0 Å². The summed E-state index contributed by atoms with van der Waals surface area (Å²) in [4.78, 5) is 0. The van der Waals surface area contributed by atoms with Crippen molar-refractivity contribution >= 4 is 0 Å². The molecular formula is C13H11F3O2. The Morgan fingerprint density at radius 2 is 1.94 bits per heavy atom. The average Bonchev–Trinajstić information content (AvgIpc) is 2.80. The maximum atomic E-state index is 12.5. The van der Waals surface area contributed by atoms with Gasteiger partial charge in [-0.2, -0.15) is 13.2 Å². The van der Waals surface area contributed by atoms with Crippen LogP contribution in [-0.2, 0) is 6.18 Å². The predicted octanol–water partition coefficient (Wildman–Crippen LogP) is 3.69. The van der Waals surface area contributed by atoms with Gasteiger partial charge in [-0.25, -0.2) is 0 Å². The molecule has 1 unspecified atom stereocenters. The molecule has 5 heteroatoms. The van der Waals surface area contributed by atoms with Gasteiger partial charge < -0.3 is 9.52 Å². The molecule has 96 valence electrons. The molecule has 2 rings (SSSR count). The van der Waals surface area contributed by atoms with Crippen molar-refractivity contribution < 1.29 is 22.7 Å². The third-order valence-electron chi connectivity index (χ3n) is 2.75. The Morgan fingerprint density at radius 1 is 1.22 bits per heavy atom. The van der Waals surface area contributed by atoms with Crippen LogP contribution in [0, 0.1) is 6.92 Å². The first-order valence-electron chi connectivity index (χ1n) is 5.27. The maximum absolute atomic E-state index is 12.5. The zero-order chi connectivity index (χ0) is 13.3. The van der Waals surface area contributed by atoms with Crippen LogP contribution in [0.1, 0.15) is 28.4 Å². The van der Waals surface area contributed by atoms with Crippen LogP contribution in [0.2, 0.25) is 0 Å². The molecule has 0 spiro atoms. The Balaban J connectivity index is 2.36. The molecule has 0 amide bonds. The maximum Gasteiger partial charge on any atom is 0.416 e. The second kappa shape index (κ2) is 4.49. The van der Waals surface area contributed by atoms with Crippen molar-refractivity contribution in [3.05, 3.63) is 59.0 Å². The van der Waals surface area contributed by atoms with Crippen molar-refractivity contribution in [2.24, 2.45) is 0 Å². The molecule has 1 aromatic heterocycles. The molecule has 1 N–H and O–H groups in total. The number of hydrogen-bond acceptors (Lipinski definition) is 2. The first kappa shape index (κ1) is 12.7. The summed E-state index contributed by atoms with van der Waals surface area (Å²) >= 11 is 0. The Bertz CT molecular complexity index is 530. The summed E-state index contributed by atoms with van der Waals surface area (Å²) in [6.45, 7) is 1.54. The van der Waals surface area contributed by atoms with Gasteiger partial charge in [-0.05, 0) is 36.2 Å². The Labute approximate surface area is 102 Å². The van der Waals surface area contributed by atoms with Gasteiger partial charge >= 0.3 is 6.18 Å². The molecule has 0 aliphatic carbocycles. The highest BCUT2D eigenvalue weighted by molar-refractivity contribution is 5.37. The Hall–Kier alpha value is -1.75. The lowest BCUT2D eigenvalue weighted by Crippen LogP contribution is -2.07. The van der Waals surface area contributed by atoms with E-state index < -0.39 is 17.8 Å². The summed E-state index contributed by atoms with van der Waals surface area (Å²) in [6.07, 6.45) is -2.59. The van der Waals surface area contributed by atoms with Crippen molar-refractivity contribution in [2.75, 3.05) is 0 Å². The van der Waals surface area contributed by atoms with E-state index in [-0.39, 0.29) is 0 Å². The summed E-state index contributed by atoms with van der Waals surface area (Å²) in [7, 11) is 0. The molecule has 18 heavy (non-hydrogen) atoms. The number of alkyl halides is 3. The molecule has 0 fully saturated rings. The SMILES string of the molecule is Cc1cc(C(F)(F)F)ccc1C(O)c1ccoc1. The summed E-state index contributed by atoms with van der Waals surface area (Å²) in [5.74, 6) is 0. The van der Waals surface area contributed by atoms with Gasteiger partial charge in [0.15, 0.2) is 0 Å². The highest BCUT2D eigenvalue weighted by Crippen LogP contribution is 2.33. The topological polar surface area (TPSA) is 33.4 Å². The molecule has 0 saturated heterocycles. The smallest absolute Gasteiger partial charge is 0.416 e. The molecule has 0 radical (unpaired) electrons. The van der Waals surface area contributed by atoms with Crippen LogP contribution < -0.4 is 0 Å². The van der Waals surface area contributed by atoms with Gasteiger partial charge in [0.1, 0.15) is 6.10 Å². The molecule has 0 aliphatic rings. The van der Waals surface area contributed by atoms with E-state index in [1.54, 1.807) is 6.07 Å². The van der Waals surface area contributed by atoms with Crippen LogP contribution >= 0.6 is 0 Å². The third-order valence-corrected chi connectivity index (χ3v) is 2.75. The normalized spacial score (nSPS) is 13.6. The molecule has 0 bridgehead atoms. The molecule has 1 aromatic carbocycles. The van der Waals surface area contributed by atoms with Crippen molar-refractivity contribution in [3.8, 4) is 0 Å². The Kier molecular flexibility index (Phi) is 3.17. The van der Waals surface area contributed by atoms with E-state index in [0.717, 1.165) is 12.1 Å². The lowest BCUT2D eigenvalue weighted by Gasteiger charge is -2.14. The van der Waals surface area contributed by atoms with E-state index in [4.69, 9.17) is 4.42 Å². The van der Waals surface area contributed by atoms with E-state index in [1.165, 1.54) is 25.5 Å². The number of aryl methyl sites for hydroxylation is 1. The highest BCUT2D eigenvalue weighted by atomic mass is 19.4. The predicted molar refractivity (Wildman–Crippen MR) is 59.0 cm³/mol. The fraction of sp³-hybridized carbons (Fsp3) is 0.231. The molecule has 2 nitrogen and oxygen atoms in total. The number of hydrogen-bond donors (Lipinski definition) is 1. The molecule has 0 saturated carbocycles. The minimum atomic E-state index is -4.37. The van der Waals surface area contributed by atoms with Crippen LogP contribution in [-0.4, -0.2) is 5.11 Å². The lowest BCUT2D eigenvalue weighted by molar-refractivity contribution is -0.137. The molecular weight excluding hydrogens is 245 g/mol. The quantitative estimate of drug-likeness (QED) is 0.889. The highest BCUT2D eigenvalue weighted by Gasteiger charge is 2.31. The number of aliphatic hydroxyl groups excluding tert-OH is 1. The number of rotatable bonds is 2. The second-order valence-corrected chi connectivity index (χ2v) is 4.03. The number of furan rings is 1. The van der Waals surface area contributed by atoms with Gasteiger partial charge in [0, 0.05) is 5.56 Å². The van der Waals surface area contributed by atoms with E-state index in [2.05, 4.69) is 0 Å². The summed E-state index contributed by atoms with van der Waals surface area (Å²) in [5, 5.41) is 10.0. The summed E-state index contributed by atoms with van der Waals surface area (Å²) in [6, 6.07) is 4.85. The van der Waals surface area contributed by atoms with Gasteiger partial charge in [0.05, 0.1) is 18.1 Å². The first-order valence-corrected chi connectivity index (χ1v) is 5.27. The van der Waals surface area contributed by atoms with Crippen LogP contribution in [0.25, 0.3) is 0 Å². The summed E-state index contributed by atoms with van der Waals surface area (Å²) in [5.41, 5.74) is 0.615. The van der Waals surface area contributed by atoms with Gasteiger partial charge in [-0.15, -0.1) is 0 Å². The average molecular weight is 256 g/mol. The van der Waals surface area contributed by atoms with Crippen LogP contribution in [0.5, 0.6) is 0 Å². The first-order chi connectivity index (χ1) is 8.39. The van der Waals surface area contributed by atoms with Crippen LogP contribution in [0.3, 0.4) is 0 Å². The molecule has 0 aliphatic heterocycles. The monoisotopic (exact) mass is 256 g/mol. The third kappa shape index (κ3) is 2.41. The van der Waals surface area contributed by atoms with E-state index in [1.807, 2.05) is 0 Å². The van der Waals surface area contributed by atoms with Crippen LogP contribution in [0.4, 0.5) is 13.2 Å². The minimum Gasteiger partial charge on any atom is -0.472 e. The van der Waals surface area contributed by atoms with Crippen molar-refractivity contribution in [1.29, 1.82) is 0 Å². The standard InChI is InChI=1S/C13H11F3O2/c1-8-6-10(13(14,15)16)2-3-11(8)12(17)9-4-5-18-7-9/h2-7,12,17H,1H3. The number of halogens is 3. The van der Waals surface area contributed by atoms with Crippen molar-refractivity contribution in [2.45, 2.75) is 19.2 Å². The minimum absolute atomic E-state index is 0.388. The van der Waals surface area contributed by atoms with Gasteiger partial charge in [-0.3, -0.25) is 0 Å². The zero-order valence-corrected chi connectivity index (χ0v) is 9.53. The lowest BCUT2D eigenvalue weighted by atomic mass is 9.97. The molecule has 2 aromatic rings. The number of aliphatic hydroxyl groups is 1. The molecule has 1 atom stereocenters. The van der Waals surface area contributed by atoms with Gasteiger partial charge in [0.25, 0.3) is 0 Å². The van der Waals surface area contributed by atoms with Crippen molar-refractivity contribution in [3.63, 3.8) is 0 Å². The fourth-order valence-electron chi connectivity index (χ4n) is 1.77. The second-order valence-electron chi connectivity index (χ2n) is 4.03. The van der Waals surface area contributed by atoms with E-state index in [0.29, 0.717) is 16.7 Å². The van der Waals surface area contributed by atoms with Crippen LogP contribution in [0.15, 0.2) is 41.2 Å². The zero-order valence-electron chi connectivity index (χ0n) is 9.53. The van der Waals surface area contributed by atoms with Gasteiger partial charge in [-0.1, -0.05) is 6.07 Å². The fourth-order valence-corrected chi connectivity index (χ4v) is 1.77. The largest absolute Gasteiger partial charge is 0.472 e. The number of benzene rings is 1. The summed E-state index contributed by atoms with van der Waals surface area (Å²) < 4.78 is 42.3. The van der Waals surface area contributed by atoms with Crippen molar-refractivity contribution in [1.82, 2.24) is 0 Å². The molecule has 1 heterocycles. The van der Waals surface area contributed by atoms with E-state index in [9.17, 15) is 18.3 Å².